The Bertz CT molecular complexity index is 538. The zero-order valence-corrected chi connectivity index (χ0v) is 8.65. The maximum Gasteiger partial charge on any atom is 0.341 e. The lowest BCUT2D eigenvalue weighted by molar-refractivity contribution is 0.0603. The molecule has 2 rings (SSSR count). The van der Waals surface area contributed by atoms with Gasteiger partial charge < -0.3 is 4.74 Å². The molecule has 2 radical (unpaired) electrons. The minimum Gasteiger partial charge on any atom is -0.465 e. The minimum atomic E-state index is -0.487. The molecular weight excluding hydrogens is 214 g/mol. The Kier molecular flexibility index (Phi) is 2.40. The summed E-state index contributed by atoms with van der Waals surface area (Å²) in [4.78, 5) is 11.4. The third-order valence-electron chi connectivity index (χ3n) is 2.05. The fourth-order valence-electron chi connectivity index (χ4n) is 1.36. The third kappa shape index (κ3) is 1.49. The highest BCUT2D eigenvalue weighted by molar-refractivity contribution is 6.38. The van der Waals surface area contributed by atoms with E-state index in [9.17, 15) is 4.79 Å². The summed E-state index contributed by atoms with van der Waals surface area (Å²) in [5, 5.41) is 4.34. The number of hydrogen-bond acceptors (Lipinski definition) is 3. The zero-order chi connectivity index (χ0) is 11.0. The number of hydrogen-bond donors (Lipinski definition) is 0. The van der Waals surface area contributed by atoms with Crippen LogP contribution in [0, 0.1) is 0 Å². The van der Waals surface area contributed by atoms with Crippen LogP contribution < -0.4 is 5.46 Å². The number of esters is 1. The van der Waals surface area contributed by atoms with Crippen LogP contribution in [0.1, 0.15) is 10.4 Å². The van der Waals surface area contributed by atoms with Gasteiger partial charge in [-0.25, -0.2) is 9.31 Å². The Morgan fingerprint density at radius 1 is 1.60 bits per heavy atom. The van der Waals surface area contributed by atoms with E-state index in [1.165, 1.54) is 17.8 Å². The Morgan fingerprint density at radius 3 is 3.00 bits per heavy atom. The number of carbonyl (C=O) groups excluding carboxylic acids is 1. The molecule has 0 atom stereocenters. The van der Waals surface area contributed by atoms with Gasteiger partial charge in [0.2, 0.25) is 0 Å². The van der Waals surface area contributed by atoms with Gasteiger partial charge in [-0.2, -0.15) is 5.10 Å². The summed E-state index contributed by atoms with van der Waals surface area (Å²) in [6.07, 6.45) is 1.38. The van der Waals surface area contributed by atoms with Gasteiger partial charge in [-0.3, -0.25) is 0 Å². The Hall–Kier alpha value is -1.49. The van der Waals surface area contributed by atoms with Crippen molar-refractivity contribution in [1.82, 2.24) is 9.61 Å². The summed E-state index contributed by atoms with van der Waals surface area (Å²) in [6, 6.07) is 3.23. The standard InChI is InChI=1S/C9H6BClN2O2/c1-15-9(14)5-4-12-13-7(11)3-2-6(10)8(5)13/h2-4H,1H3. The first-order valence-electron chi connectivity index (χ1n) is 4.15. The van der Waals surface area contributed by atoms with Crippen molar-refractivity contribution in [2.45, 2.75) is 0 Å². The summed E-state index contributed by atoms with van der Waals surface area (Å²) in [5.41, 5.74) is 1.20. The lowest BCUT2D eigenvalue weighted by Gasteiger charge is -2.02. The first kappa shape index (κ1) is 10.0. The number of pyridine rings is 1. The van der Waals surface area contributed by atoms with Crippen LogP contribution in [-0.2, 0) is 4.74 Å². The van der Waals surface area contributed by atoms with E-state index >= 15 is 0 Å². The van der Waals surface area contributed by atoms with Crippen molar-refractivity contribution >= 4 is 36.4 Å². The lowest BCUT2D eigenvalue weighted by Crippen LogP contribution is -2.11. The maximum atomic E-state index is 11.4. The molecule has 2 aromatic rings. The van der Waals surface area contributed by atoms with Gasteiger partial charge in [0.25, 0.3) is 0 Å². The van der Waals surface area contributed by atoms with E-state index in [1.807, 2.05) is 0 Å². The molecule has 0 saturated carbocycles. The molecule has 0 amide bonds. The van der Waals surface area contributed by atoms with Crippen molar-refractivity contribution in [3.05, 3.63) is 29.0 Å². The van der Waals surface area contributed by atoms with E-state index in [4.69, 9.17) is 19.4 Å². The lowest BCUT2D eigenvalue weighted by atomic mass is 9.94. The molecule has 4 nitrogen and oxygen atoms in total. The highest BCUT2D eigenvalue weighted by Gasteiger charge is 2.15. The van der Waals surface area contributed by atoms with Crippen LogP contribution in [0.5, 0.6) is 0 Å². The van der Waals surface area contributed by atoms with Crippen molar-refractivity contribution in [3.8, 4) is 0 Å². The average Bonchev–Trinajstić information content (AvgIpc) is 2.68. The number of halogens is 1. The third-order valence-corrected chi connectivity index (χ3v) is 2.34. The monoisotopic (exact) mass is 220 g/mol. The van der Waals surface area contributed by atoms with Gasteiger partial charge in [0.15, 0.2) is 0 Å². The van der Waals surface area contributed by atoms with Crippen LogP contribution in [0.25, 0.3) is 5.52 Å². The second-order valence-electron chi connectivity index (χ2n) is 2.92. The summed E-state index contributed by atoms with van der Waals surface area (Å²) in [5.74, 6) is -0.487. The number of carbonyl (C=O) groups is 1. The molecule has 0 aliphatic rings. The van der Waals surface area contributed by atoms with Crippen LogP contribution in [-0.4, -0.2) is 30.5 Å². The van der Waals surface area contributed by atoms with E-state index in [0.29, 0.717) is 21.7 Å². The zero-order valence-electron chi connectivity index (χ0n) is 7.90. The van der Waals surface area contributed by atoms with E-state index in [-0.39, 0.29) is 0 Å². The van der Waals surface area contributed by atoms with Crippen LogP contribution in [0.4, 0.5) is 0 Å². The fourth-order valence-corrected chi connectivity index (χ4v) is 1.55. The van der Waals surface area contributed by atoms with Crippen molar-refractivity contribution in [1.29, 1.82) is 0 Å². The van der Waals surface area contributed by atoms with Crippen LogP contribution in [0.2, 0.25) is 5.15 Å². The van der Waals surface area contributed by atoms with E-state index in [1.54, 1.807) is 12.1 Å². The highest BCUT2D eigenvalue weighted by Crippen LogP contribution is 2.14. The summed E-state index contributed by atoms with van der Waals surface area (Å²) in [6.45, 7) is 0. The normalized spacial score (nSPS) is 10.5. The first-order valence-corrected chi connectivity index (χ1v) is 4.53. The molecule has 0 aliphatic heterocycles. The summed E-state index contributed by atoms with van der Waals surface area (Å²) in [7, 11) is 7.03. The second-order valence-corrected chi connectivity index (χ2v) is 3.31. The van der Waals surface area contributed by atoms with Crippen LogP contribution in [0.3, 0.4) is 0 Å². The fraction of sp³-hybridized carbons (Fsp3) is 0.111. The topological polar surface area (TPSA) is 43.6 Å². The number of nitrogens with zero attached hydrogens (tertiary/aromatic N) is 2. The van der Waals surface area contributed by atoms with Crippen molar-refractivity contribution < 1.29 is 9.53 Å². The number of rotatable bonds is 1. The quantitative estimate of drug-likeness (QED) is 0.401. The minimum absolute atomic E-state index is 0.303. The molecule has 0 bridgehead atoms. The summed E-state index contributed by atoms with van der Waals surface area (Å²) < 4.78 is 6.00. The van der Waals surface area contributed by atoms with E-state index in [2.05, 4.69) is 9.84 Å². The molecule has 0 unspecified atom stereocenters. The largest absolute Gasteiger partial charge is 0.465 e. The molecule has 0 spiro atoms. The Labute approximate surface area is 92.2 Å². The smallest absolute Gasteiger partial charge is 0.341 e. The molecule has 0 aliphatic carbocycles. The average molecular weight is 220 g/mol. The first-order chi connectivity index (χ1) is 7.15. The number of fused-ring (bicyclic) bond motifs is 1. The van der Waals surface area contributed by atoms with Gasteiger partial charge >= 0.3 is 5.97 Å². The van der Waals surface area contributed by atoms with Crippen LogP contribution >= 0.6 is 11.6 Å². The molecule has 6 heteroatoms. The van der Waals surface area contributed by atoms with Crippen molar-refractivity contribution in [2.24, 2.45) is 0 Å². The molecule has 0 saturated heterocycles. The van der Waals surface area contributed by atoms with Gasteiger partial charge in [-0.1, -0.05) is 23.1 Å². The van der Waals surface area contributed by atoms with Gasteiger partial charge in [0.05, 0.1) is 18.8 Å². The summed E-state index contributed by atoms with van der Waals surface area (Å²) >= 11 is 5.88. The van der Waals surface area contributed by atoms with Gasteiger partial charge in [-0.15, -0.1) is 0 Å². The van der Waals surface area contributed by atoms with Gasteiger partial charge in [0.1, 0.15) is 18.6 Å². The number of aromatic nitrogens is 2. The molecular formula is C9H6BClN2O2. The van der Waals surface area contributed by atoms with E-state index < -0.39 is 5.97 Å². The van der Waals surface area contributed by atoms with Gasteiger partial charge in [-0.05, 0) is 6.07 Å². The Balaban J connectivity index is 2.79. The van der Waals surface area contributed by atoms with E-state index in [0.717, 1.165) is 0 Å². The molecule has 0 fully saturated rings. The SMILES string of the molecule is [B]c1ccc(Cl)n2ncc(C(=O)OC)c12. The predicted molar refractivity (Wildman–Crippen MR) is 56.9 cm³/mol. The Morgan fingerprint density at radius 2 is 2.33 bits per heavy atom. The molecule has 0 N–H and O–H groups in total. The van der Waals surface area contributed by atoms with Crippen LogP contribution in [0.15, 0.2) is 18.3 Å². The molecule has 0 aromatic carbocycles. The maximum absolute atomic E-state index is 11.4. The van der Waals surface area contributed by atoms with Gasteiger partial charge in [0, 0.05) is 0 Å². The molecule has 74 valence electrons. The van der Waals surface area contributed by atoms with Crippen molar-refractivity contribution in [3.63, 3.8) is 0 Å². The molecule has 2 heterocycles. The second kappa shape index (κ2) is 3.58. The van der Waals surface area contributed by atoms with Crippen molar-refractivity contribution in [2.75, 3.05) is 7.11 Å². The molecule has 15 heavy (non-hydrogen) atoms. The molecule has 2 aromatic heterocycles. The number of ether oxygens (including phenoxy) is 1. The predicted octanol–water partition coefficient (Wildman–Crippen LogP) is 0.568. The number of methoxy groups -OCH3 is 1. The highest BCUT2D eigenvalue weighted by atomic mass is 35.5.